The second-order valence-corrected chi connectivity index (χ2v) is 6.23. The molecule has 1 heterocycles. The molecular formula is C17H26N2. The summed E-state index contributed by atoms with van der Waals surface area (Å²) >= 11 is 0. The Balaban J connectivity index is 1.67. The Bertz CT molecular complexity index is 392. The van der Waals surface area contributed by atoms with Crippen molar-refractivity contribution >= 4 is 5.69 Å². The van der Waals surface area contributed by atoms with E-state index in [0.29, 0.717) is 6.04 Å². The van der Waals surface area contributed by atoms with E-state index in [4.69, 9.17) is 0 Å². The number of nitrogens with zero attached hydrogens (tertiary/aromatic N) is 1. The van der Waals surface area contributed by atoms with Gasteiger partial charge in [-0.2, -0.15) is 0 Å². The minimum Gasteiger partial charge on any atom is -0.369 e. The lowest BCUT2D eigenvalue weighted by Crippen LogP contribution is -2.49. The zero-order chi connectivity index (χ0) is 13.1. The Morgan fingerprint density at radius 3 is 2.47 bits per heavy atom. The molecule has 1 aliphatic carbocycles. The van der Waals surface area contributed by atoms with Crippen LogP contribution >= 0.6 is 0 Å². The summed E-state index contributed by atoms with van der Waals surface area (Å²) in [6.45, 7) is 5.63. The molecule has 1 N–H and O–H groups in total. The van der Waals surface area contributed by atoms with Gasteiger partial charge >= 0.3 is 0 Å². The molecule has 0 aromatic heterocycles. The molecule has 0 amide bonds. The molecule has 1 aromatic rings. The van der Waals surface area contributed by atoms with Crippen LogP contribution in [0.3, 0.4) is 0 Å². The Morgan fingerprint density at radius 2 is 1.79 bits per heavy atom. The van der Waals surface area contributed by atoms with Crippen molar-refractivity contribution in [2.45, 2.75) is 51.0 Å². The summed E-state index contributed by atoms with van der Waals surface area (Å²) in [6.07, 6.45) is 7.06. The normalized spacial score (nSPS) is 25.5. The third kappa shape index (κ3) is 3.11. The van der Waals surface area contributed by atoms with Gasteiger partial charge in [0.25, 0.3) is 0 Å². The van der Waals surface area contributed by atoms with Crippen molar-refractivity contribution in [1.82, 2.24) is 5.32 Å². The molecule has 1 saturated heterocycles. The molecule has 1 saturated carbocycles. The van der Waals surface area contributed by atoms with E-state index in [1.165, 1.54) is 37.8 Å². The molecule has 104 valence electrons. The highest BCUT2D eigenvalue weighted by Gasteiger charge is 2.18. The first-order valence-corrected chi connectivity index (χ1v) is 7.91. The molecule has 2 heteroatoms. The fourth-order valence-corrected chi connectivity index (χ4v) is 3.56. The van der Waals surface area contributed by atoms with Crippen molar-refractivity contribution in [2.24, 2.45) is 0 Å². The van der Waals surface area contributed by atoms with E-state index < -0.39 is 0 Å². The predicted molar refractivity (Wildman–Crippen MR) is 81.9 cm³/mol. The molecule has 1 aromatic carbocycles. The maximum Gasteiger partial charge on any atom is 0.0367 e. The zero-order valence-electron chi connectivity index (χ0n) is 12.1. The first-order valence-electron chi connectivity index (χ1n) is 7.91. The van der Waals surface area contributed by atoms with Gasteiger partial charge in [0.05, 0.1) is 0 Å². The second kappa shape index (κ2) is 5.96. The van der Waals surface area contributed by atoms with E-state index in [9.17, 15) is 0 Å². The molecule has 3 rings (SSSR count). The monoisotopic (exact) mass is 258 g/mol. The highest BCUT2D eigenvalue weighted by atomic mass is 15.2. The number of nitrogens with one attached hydrogen (secondary N) is 1. The molecule has 0 bridgehead atoms. The smallest absolute Gasteiger partial charge is 0.0367 e. The summed E-state index contributed by atoms with van der Waals surface area (Å²) < 4.78 is 0. The molecule has 2 nitrogen and oxygen atoms in total. The van der Waals surface area contributed by atoms with Gasteiger partial charge in [-0.15, -0.1) is 0 Å². The SMILES string of the molecule is CC1CN(c2ccc(C3CCCCC3)cc2)CCN1. The highest BCUT2D eigenvalue weighted by Crippen LogP contribution is 2.33. The van der Waals surface area contributed by atoms with Gasteiger partial charge in [0.1, 0.15) is 0 Å². The van der Waals surface area contributed by atoms with E-state index >= 15 is 0 Å². The van der Waals surface area contributed by atoms with Gasteiger partial charge in [0.2, 0.25) is 0 Å². The fraction of sp³-hybridized carbons (Fsp3) is 0.647. The number of hydrogen-bond acceptors (Lipinski definition) is 2. The van der Waals surface area contributed by atoms with Crippen LogP contribution in [0, 0.1) is 0 Å². The quantitative estimate of drug-likeness (QED) is 0.873. The average molecular weight is 258 g/mol. The average Bonchev–Trinajstić information content (AvgIpc) is 2.48. The largest absolute Gasteiger partial charge is 0.369 e. The van der Waals surface area contributed by atoms with Gasteiger partial charge in [-0.1, -0.05) is 31.4 Å². The van der Waals surface area contributed by atoms with Crippen LogP contribution in [-0.4, -0.2) is 25.7 Å². The molecular weight excluding hydrogens is 232 g/mol. The lowest BCUT2D eigenvalue weighted by molar-refractivity contribution is 0.443. The zero-order valence-corrected chi connectivity index (χ0v) is 12.1. The summed E-state index contributed by atoms with van der Waals surface area (Å²) in [5, 5.41) is 3.50. The maximum atomic E-state index is 3.50. The van der Waals surface area contributed by atoms with Crippen LogP contribution in [-0.2, 0) is 0 Å². The molecule has 0 spiro atoms. The standard InChI is InChI=1S/C17H26N2/c1-14-13-19(12-11-18-14)17-9-7-16(8-10-17)15-5-3-2-4-6-15/h7-10,14-15,18H,2-6,11-13H2,1H3. The van der Waals surface area contributed by atoms with Gasteiger partial charge < -0.3 is 10.2 Å². The van der Waals surface area contributed by atoms with E-state index in [0.717, 1.165) is 25.6 Å². The minimum atomic E-state index is 0.603. The minimum absolute atomic E-state index is 0.603. The van der Waals surface area contributed by atoms with E-state index in [1.807, 2.05) is 0 Å². The first-order chi connectivity index (χ1) is 9.33. The van der Waals surface area contributed by atoms with Crippen LogP contribution in [0.4, 0.5) is 5.69 Å². The van der Waals surface area contributed by atoms with Crippen LogP contribution in [0.25, 0.3) is 0 Å². The molecule has 2 fully saturated rings. The number of benzene rings is 1. The van der Waals surface area contributed by atoms with Crippen molar-refractivity contribution in [3.63, 3.8) is 0 Å². The Labute approximate surface area is 117 Å². The van der Waals surface area contributed by atoms with Crippen LogP contribution < -0.4 is 10.2 Å². The maximum absolute atomic E-state index is 3.50. The van der Waals surface area contributed by atoms with Crippen LogP contribution in [0.2, 0.25) is 0 Å². The van der Waals surface area contributed by atoms with Crippen LogP contribution in [0.5, 0.6) is 0 Å². The third-order valence-corrected chi connectivity index (χ3v) is 4.70. The van der Waals surface area contributed by atoms with Gasteiger partial charge in [-0.25, -0.2) is 0 Å². The molecule has 1 unspecified atom stereocenters. The lowest BCUT2D eigenvalue weighted by Gasteiger charge is -2.34. The Morgan fingerprint density at radius 1 is 1.05 bits per heavy atom. The molecule has 1 atom stereocenters. The van der Waals surface area contributed by atoms with Crippen molar-refractivity contribution in [2.75, 3.05) is 24.5 Å². The predicted octanol–water partition coefficient (Wildman–Crippen LogP) is 3.53. The van der Waals surface area contributed by atoms with Crippen molar-refractivity contribution in [1.29, 1.82) is 0 Å². The van der Waals surface area contributed by atoms with Gasteiger partial charge in [-0.3, -0.25) is 0 Å². The Kier molecular flexibility index (Phi) is 4.07. The lowest BCUT2D eigenvalue weighted by atomic mass is 9.84. The molecule has 0 radical (unpaired) electrons. The number of piperazine rings is 1. The highest BCUT2D eigenvalue weighted by molar-refractivity contribution is 5.48. The Hall–Kier alpha value is -1.02. The van der Waals surface area contributed by atoms with Gasteiger partial charge in [0, 0.05) is 31.4 Å². The van der Waals surface area contributed by atoms with Crippen LogP contribution in [0.1, 0.15) is 50.5 Å². The first kappa shape index (κ1) is 13.0. The van der Waals surface area contributed by atoms with Gasteiger partial charge in [0.15, 0.2) is 0 Å². The van der Waals surface area contributed by atoms with E-state index in [1.54, 1.807) is 5.56 Å². The summed E-state index contributed by atoms with van der Waals surface area (Å²) in [7, 11) is 0. The third-order valence-electron chi connectivity index (χ3n) is 4.70. The number of hydrogen-bond donors (Lipinski definition) is 1. The topological polar surface area (TPSA) is 15.3 Å². The molecule has 19 heavy (non-hydrogen) atoms. The van der Waals surface area contributed by atoms with Crippen molar-refractivity contribution < 1.29 is 0 Å². The van der Waals surface area contributed by atoms with E-state index in [2.05, 4.69) is 41.4 Å². The summed E-state index contributed by atoms with van der Waals surface area (Å²) in [5.41, 5.74) is 2.96. The number of anilines is 1. The summed E-state index contributed by atoms with van der Waals surface area (Å²) in [5.74, 6) is 0.824. The summed E-state index contributed by atoms with van der Waals surface area (Å²) in [6, 6.07) is 10.0. The van der Waals surface area contributed by atoms with Crippen LogP contribution in [0.15, 0.2) is 24.3 Å². The van der Waals surface area contributed by atoms with E-state index in [-0.39, 0.29) is 0 Å². The number of rotatable bonds is 2. The fourth-order valence-electron chi connectivity index (χ4n) is 3.56. The second-order valence-electron chi connectivity index (χ2n) is 6.23. The molecule has 1 aliphatic heterocycles. The van der Waals surface area contributed by atoms with Crippen molar-refractivity contribution in [3.05, 3.63) is 29.8 Å². The van der Waals surface area contributed by atoms with Crippen molar-refractivity contribution in [3.8, 4) is 0 Å². The van der Waals surface area contributed by atoms with Gasteiger partial charge in [-0.05, 0) is 43.4 Å². The summed E-state index contributed by atoms with van der Waals surface area (Å²) in [4.78, 5) is 2.51. The molecule has 2 aliphatic rings.